The Morgan fingerprint density at radius 1 is 1.39 bits per heavy atom. The van der Waals surface area contributed by atoms with Gasteiger partial charge in [0.25, 0.3) is 0 Å². The molecule has 4 nitrogen and oxygen atoms in total. The molecule has 2 atom stereocenters. The molecule has 23 heavy (non-hydrogen) atoms. The second-order valence-electron chi connectivity index (χ2n) is 6.86. The maximum atomic E-state index is 12.7. The zero-order valence-corrected chi connectivity index (χ0v) is 14.3. The van der Waals surface area contributed by atoms with Crippen molar-refractivity contribution in [2.75, 3.05) is 39.8 Å². The van der Waals surface area contributed by atoms with Crippen LogP contribution < -0.4 is 0 Å². The zero-order chi connectivity index (χ0) is 16.2. The SMILES string of the molecule is CCN(C)CC1CCN(C(=O)CC2OCCc3ccccc32)C1. The molecule has 0 aromatic heterocycles. The molecular weight excluding hydrogens is 288 g/mol. The van der Waals surface area contributed by atoms with Crippen LogP contribution in [0, 0.1) is 5.92 Å². The summed E-state index contributed by atoms with van der Waals surface area (Å²) in [5.74, 6) is 0.858. The number of fused-ring (bicyclic) bond motifs is 1. The topological polar surface area (TPSA) is 32.8 Å². The Balaban J connectivity index is 1.56. The molecule has 3 rings (SSSR count). The van der Waals surface area contributed by atoms with Crippen molar-refractivity contribution in [2.24, 2.45) is 5.92 Å². The van der Waals surface area contributed by atoms with E-state index in [4.69, 9.17) is 4.74 Å². The average molecular weight is 316 g/mol. The third-order valence-corrected chi connectivity index (χ3v) is 5.20. The maximum Gasteiger partial charge on any atom is 0.225 e. The number of carbonyl (C=O) groups is 1. The third-order valence-electron chi connectivity index (χ3n) is 5.20. The fourth-order valence-electron chi connectivity index (χ4n) is 3.71. The number of benzene rings is 1. The van der Waals surface area contributed by atoms with Gasteiger partial charge in [-0.2, -0.15) is 0 Å². The Morgan fingerprint density at radius 3 is 3.04 bits per heavy atom. The number of hydrogen-bond donors (Lipinski definition) is 0. The second-order valence-corrected chi connectivity index (χ2v) is 6.86. The van der Waals surface area contributed by atoms with Crippen LogP contribution in [-0.2, 0) is 16.0 Å². The minimum atomic E-state index is -0.0650. The molecule has 2 aliphatic heterocycles. The summed E-state index contributed by atoms with van der Waals surface area (Å²) in [4.78, 5) is 17.0. The van der Waals surface area contributed by atoms with Gasteiger partial charge in [0.2, 0.25) is 5.91 Å². The predicted molar refractivity (Wildman–Crippen MR) is 91.3 cm³/mol. The Bertz CT molecular complexity index is 546. The maximum absolute atomic E-state index is 12.7. The number of rotatable bonds is 5. The third kappa shape index (κ3) is 3.93. The summed E-state index contributed by atoms with van der Waals surface area (Å²) in [6.45, 7) is 6.85. The van der Waals surface area contributed by atoms with Crippen LogP contribution in [0.15, 0.2) is 24.3 Å². The van der Waals surface area contributed by atoms with Crippen molar-refractivity contribution in [3.63, 3.8) is 0 Å². The van der Waals surface area contributed by atoms with Gasteiger partial charge < -0.3 is 14.5 Å². The monoisotopic (exact) mass is 316 g/mol. The van der Waals surface area contributed by atoms with E-state index >= 15 is 0 Å². The molecule has 0 N–H and O–H groups in total. The molecule has 1 aromatic carbocycles. The lowest BCUT2D eigenvalue weighted by Gasteiger charge is -2.27. The average Bonchev–Trinajstić information content (AvgIpc) is 3.03. The highest BCUT2D eigenvalue weighted by molar-refractivity contribution is 5.77. The van der Waals surface area contributed by atoms with E-state index in [-0.39, 0.29) is 12.0 Å². The number of likely N-dealkylation sites (tertiary alicyclic amines) is 1. The largest absolute Gasteiger partial charge is 0.373 e. The summed E-state index contributed by atoms with van der Waals surface area (Å²) in [5.41, 5.74) is 2.54. The molecule has 0 bridgehead atoms. The van der Waals surface area contributed by atoms with E-state index in [1.165, 1.54) is 11.1 Å². The minimum absolute atomic E-state index is 0.0650. The summed E-state index contributed by atoms with van der Waals surface area (Å²) in [7, 11) is 2.15. The number of ether oxygens (including phenoxy) is 1. The Morgan fingerprint density at radius 2 is 2.22 bits per heavy atom. The van der Waals surface area contributed by atoms with Crippen molar-refractivity contribution >= 4 is 5.91 Å². The quantitative estimate of drug-likeness (QED) is 0.837. The summed E-state index contributed by atoms with van der Waals surface area (Å²) in [6.07, 6.45) is 2.49. The van der Waals surface area contributed by atoms with Crippen molar-refractivity contribution in [3.8, 4) is 0 Å². The molecule has 0 spiro atoms. The van der Waals surface area contributed by atoms with Gasteiger partial charge in [-0.3, -0.25) is 4.79 Å². The van der Waals surface area contributed by atoms with Gasteiger partial charge in [-0.15, -0.1) is 0 Å². The van der Waals surface area contributed by atoms with Crippen LogP contribution in [0.4, 0.5) is 0 Å². The molecule has 0 radical (unpaired) electrons. The van der Waals surface area contributed by atoms with E-state index < -0.39 is 0 Å². The molecule has 2 unspecified atom stereocenters. The van der Waals surface area contributed by atoms with Crippen molar-refractivity contribution in [3.05, 3.63) is 35.4 Å². The molecular formula is C19H28N2O2. The molecule has 2 heterocycles. The first-order valence-electron chi connectivity index (χ1n) is 8.83. The first-order valence-corrected chi connectivity index (χ1v) is 8.83. The summed E-state index contributed by atoms with van der Waals surface area (Å²) < 4.78 is 5.89. The van der Waals surface area contributed by atoms with E-state index in [0.717, 1.165) is 45.6 Å². The first kappa shape index (κ1) is 16.5. The molecule has 1 fully saturated rings. The second kappa shape index (κ2) is 7.45. The van der Waals surface area contributed by atoms with Crippen LogP contribution in [0.2, 0.25) is 0 Å². The Labute approximate surface area is 139 Å². The Kier molecular flexibility index (Phi) is 5.34. The van der Waals surface area contributed by atoms with Crippen LogP contribution in [-0.4, -0.2) is 55.5 Å². The van der Waals surface area contributed by atoms with Crippen LogP contribution in [0.3, 0.4) is 0 Å². The van der Waals surface area contributed by atoms with E-state index in [9.17, 15) is 4.79 Å². The smallest absolute Gasteiger partial charge is 0.225 e. The van der Waals surface area contributed by atoms with E-state index in [0.29, 0.717) is 12.3 Å². The molecule has 1 aromatic rings. The van der Waals surface area contributed by atoms with Gasteiger partial charge in [0.15, 0.2) is 0 Å². The fraction of sp³-hybridized carbons (Fsp3) is 0.632. The Hall–Kier alpha value is -1.39. The van der Waals surface area contributed by atoms with Crippen molar-refractivity contribution in [1.29, 1.82) is 0 Å². The number of amides is 1. The highest BCUT2D eigenvalue weighted by Gasteiger charge is 2.30. The van der Waals surface area contributed by atoms with Gasteiger partial charge in [0, 0.05) is 19.6 Å². The van der Waals surface area contributed by atoms with Crippen molar-refractivity contribution in [1.82, 2.24) is 9.80 Å². The molecule has 0 aliphatic carbocycles. The first-order chi connectivity index (χ1) is 11.2. The fourth-order valence-corrected chi connectivity index (χ4v) is 3.71. The molecule has 1 saturated heterocycles. The molecule has 2 aliphatic rings. The lowest BCUT2D eigenvalue weighted by atomic mass is 9.95. The van der Waals surface area contributed by atoms with Crippen molar-refractivity contribution in [2.45, 2.75) is 32.3 Å². The molecule has 0 saturated carbocycles. The van der Waals surface area contributed by atoms with E-state index in [1.54, 1.807) is 0 Å². The number of carbonyl (C=O) groups excluding carboxylic acids is 1. The van der Waals surface area contributed by atoms with Gasteiger partial charge >= 0.3 is 0 Å². The van der Waals surface area contributed by atoms with Gasteiger partial charge in [-0.25, -0.2) is 0 Å². The van der Waals surface area contributed by atoms with Gasteiger partial charge in [0.05, 0.1) is 19.1 Å². The van der Waals surface area contributed by atoms with Gasteiger partial charge in [-0.1, -0.05) is 31.2 Å². The number of nitrogens with zero attached hydrogens (tertiary/aromatic N) is 2. The molecule has 4 heteroatoms. The predicted octanol–water partition coefficient (Wildman–Crippen LogP) is 2.49. The van der Waals surface area contributed by atoms with Crippen LogP contribution in [0.1, 0.15) is 37.0 Å². The van der Waals surface area contributed by atoms with Crippen LogP contribution in [0.5, 0.6) is 0 Å². The summed E-state index contributed by atoms with van der Waals surface area (Å²) in [5, 5.41) is 0. The van der Waals surface area contributed by atoms with E-state index in [1.807, 2.05) is 11.0 Å². The van der Waals surface area contributed by atoms with Gasteiger partial charge in [0.1, 0.15) is 0 Å². The van der Waals surface area contributed by atoms with Crippen LogP contribution in [0.25, 0.3) is 0 Å². The molecule has 1 amide bonds. The van der Waals surface area contributed by atoms with Crippen LogP contribution >= 0.6 is 0 Å². The molecule has 126 valence electrons. The number of hydrogen-bond acceptors (Lipinski definition) is 3. The summed E-state index contributed by atoms with van der Waals surface area (Å²) >= 11 is 0. The lowest BCUT2D eigenvalue weighted by molar-refractivity contribution is -0.133. The van der Waals surface area contributed by atoms with E-state index in [2.05, 4.69) is 37.1 Å². The summed E-state index contributed by atoms with van der Waals surface area (Å²) in [6, 6.07) is 8.37. The van der Waals surface area contributed by atoms with Gasteiger partial charge in [-0.05, 0) is 43.5 Å². The highest BCUT2D eigenvalue weighted by Crippen LogP contribution is 2.30. The lowest BCUT2D eigenvalue weighted by Crippen LogP contribution is -2.33. The van der Waals surface area contributed by atoms with Crippen molar-refractivity contribution < 1.29 is 9.53 Å². The highest BCUT2D eigenvalue weighted by atomic mass is 16.5. The zero-order valence-electron chi connectivity index (χ0n) is 14.3. The standard InChI is InChI=1S/C19H28N2O2/c1-3-20(2)13-15-8-10-21(14-15)19(22)12-18-17-7-5-4-6-16(17)9-11-23-18/h4-7,15,18H,3,8-14H2,1-2H3. The minimum Gasteiger partial charge on any atom is -0.373 e. The normalized spacial score (nSPS) is 24.0.